The van der Waals surface area contributed by atoms with Gasteiger partial charge in [-0.05, 0) is 25.3 Å². The van der Waals surface area contributed by atoms with Crippen LogP contribution in [-0.4, -0.2) is 18.0 Å². The first kappa shape index (κ1) is 15.0. The maximum Gasteiger partial charge on any atom is 0.240 e. The second kappa shape index (κ2) is 5.57. The van der Waals surface area contributed by atoms with Gasteiger partial charge < -0.3 is 11.1 Å². The monoisotopic (exact) mass is 274 g/mol. The molecular formula is C17H26N2O. The van der Waals surface area contributed by atoms with Crippen LogP contribution in [0.4, 0.5) is 0 Å². The molecule has 0 aromatic heterocycles. The Bertz CT molecular complexity index is 488. The normalized spacial score (nSPS) is 18.0. The van der Waals surface area contributed by atoms with Gasteiger partial charge in [-0.3, -0.25) is 4.79 Å². The molecule has 1 aromatic carbocycles. The summed E-state index contributed by atoms with van der Waals surface area (Å²) in [6, 6.07) is 8.45. The van der Waals surface area contributed by atoms with Gasteiger partial charge in [0, 0.05) is 12.0 Å². The standard InChI is InChI=1S/C17H26N2O/c1-13-7-6-8-14(11-13)16(2,3)12-19-15(20)17(18)9-4-5-10-17/h6-8,11H,4-5,9-10,12,18H2,1-3H3,(H,19,20). The molecule has 0 unspecified atom stereocenters. The molecule has 0 bridgehead atoms. The maximum absolute atomic E-state index is 12.3. The molecule has 3 N–H and O–H groups in total. The zero-order valence-electron chi connectivity index (χ0n) is 12.8. The molecule has 1 aliphatic rings. The van der Waals surface area contributed by atoms with Crippen molar-refractivity contribution in [1.29, 1.82) is 0 Å². The van der Waals surface area contributed by atoms with Gasteiger partial charge in [0.1, 0.15) is 0 Å². The lowest BCUT2D eigenvalue weighted by molar-refractivity contribution is -0.126. The molecule has 1 fully saturated rings. The van der Waals surface area contributed by atoms with E-state index in [4.69, 9.17) is 5.73 Å². The molecule has 0 radical (unpaired) electrons. The van der Waals surface area contributed by atoms with E-state index < -0.39 is 5.54 Å². The van der Waals surface area contributed by atoms with Crippen LogP contribution in [0.2, 0.25) is 0 Å². The van der Waals surface area contributed by atoms with Crippen LogP contribution in [0, 0.1) is 6.92 Å². The van der Waals surface area contributed by atoms with Gasteiger partial charge in [0.25, 0.3) is 0 Å². The highest BCUT2D eigenvalue weighted by molar-refractivity contribution is 5.86. The minimum absolute atomic E-state index is 0.00993. The van der Waals surface area contributed by atoms with Gasteiger partial charge in [-0.2, -0.15) is 0 Å². The Morgan fingerprint density at radius 3 is 2.60 bits per heavy atom. The fourth-order valence-electron chi connectivity index (χ4n) is 2.88. The first-order valence-corrected chi connectivity index (χ1v) is 7.48. The zero-order valence-corrected chi connectivity index (χ0v) is 12.8. The van der Waals surface area contributed by atoms with E-state index in [-0.39, 0.29) is 11.3 Å². The lowest BCUT2D eigenvalue weighted by Crippen LogP contribution is -2.53. The number of amides is 1. The average Bonchev–Trinajstić information content (AvgIpc) is 2.84. The van der Waals surface area contributed by atoms with Crippen molar-refractivity contribution in [2.45, 2.75) is 57.4 Å². The minimum atomic E-state index is -0.636. The summed E-state index contributed by atoms with van der Waals surface area (Å²) in [5.74, 6) is 0.00993. The number of carbonyl (C=O) groups is 1. The number of aryl methyl sites for hydroxylation is 1. The molecule has 3 heteroatoms. The van der Waals surface area contributed by atoms with Crippen molar-refractivity contribution in [2.75, 3.05) is 6.54 Å². The quantitative estimate of drug-likeness (QED) is 0.887. The molecule has 1 aromatic rings. The summed E-state index contributed by atoms with van der Waals surface area (Å²) >= 11 is 0. The van der Waals surface area contributed by atoms with Crippen LogP contribution in [0.5, 0.6) is 0 Å². The third-order valence-corrected chi connectivity index (χ3v) is 4.44. The molecule has 110 valence electrons. The lowest BCUT2D eigenvalue weighted by atomic mass is 9.83. The second-order valence-corrected chi connectivity index (χ2v) is 6.80. The van der Waals surface area contributed by atoms with Gasteiger partial charge in [-0.15, -0.1) is 0 Å². The highest BCUT2D eigenvalue weighted by atomic mass is 16.2. The number of nitrogens with two attached hydrogens (primary N) is 1. The SMILES string of the molecule is Cc1cccc(C(C)(C)CNC(=O)C2(N)CCCC2)c1. The Morgan fingerprint density at radius 2 is 2.00 bits per heavy atom. The van der Waals surface area contributed by atoms with E-state index in [9.17, 15) is 4.79 Å². The average molecular weight is 274 g/mol. The van der Waals surface area contributed by atoms with Gasteiger partial charge >= 0.3 is 0 Å². The molecule has 0 aliphatic heterocycles. The van der Waals surface area contributed by atoms with Crippen LogP contribution in [0.15, 0.2) is 24.3 Å². The largest absolute Gasteiger partial charge is 0.354 e. The molecule has 3 nitrogen and oxygen atoms in total. The summed E-state index contributed by atoms with van der Waals surface area (Å²) in [5, 5.41) is 3.06. The zero-order chi connectivity index (χ0) is 14.8. The van der Waals surface area contributed by atoms with E-state index in [0.717, 1.165) is 25.7 Å². The van der Waals surface area contributed by atoms with E-state index in [0.29, 0.717) is 6.54 Å². The van der Waals surface area contributed by atoms with E-state index in [2.05, 4.69) is 50.4 Å². The van der Waals surface area contributed by atoms with Crippen molar-refractivity contribution in [3.8, 4) is 0 Å². The summed E-state index contributed by atoms with van der Waals surface area (Å²) in [4.78, 5) is 12.3. The summed E-state index contributed by atoms with van der Waals surface area (Å²) in [6.45, 7) is 7.01. The minimum Gasteiger partial charge on any atom is -0.354 e. The van der Waals surface area contributed by atoms with Crippen molar-refractivity contribution in [1.82, 2.24) is 5.32 Å². The van der Waals surface area contributed by atoms with Crippen molar-refractivity contribution in [2.24, 2.45) is 5.73 Å². The number of hydrogen-bond donors (Lipinski definition) is 2. The van der Waals surface area contributed by atoms with Crippen LogP contribution in [0.1, 0.15) is 50.7 Å². The molecule has 1 amide bonds. The summed E-state index contributed by atoms with van der Waals surface area (Å²) < 4.78 is 0. The number of nitrogens with one attached hydrogen (secondary N) is 1. The van der Waals surface area contributed by atoms with Crippen LogP contribution < -0.4 is 11.1 Å². The third-order valence-electron chi connectivity index (χ3n) is 4.44. The second-order valence-electron chi connectivity index (χ2n) is 6.80. The van der Waals surface area contributed by atoms with Crippen molar-refractivity contribution < 1.29 is 4.79 Å². The van der Waals surface area contributed by atoms with Crippen LogP contribution in [-0.2, 0) is 10.2 Å². The topological polar surface area (TPSA) is 55.1 Å². The number of carbonyl (C=O) groups excluding carboxylic acids is 1. The maximum atomic E-state index is 12.3. The van der Waals surface area contributed by atoms with Gasteiger partial charge in [-0.1, -0.05) is 56.5 Å². The highest BCUT2D eigenvalue weighted by Gasteiger charge is 2.37. The summed E-state index contributed by atoms with van der Waals surface area (Å²) in [6.07, 6.45) is 3.74. The number of hydrogen-bond acceptors (Lipinski definition) is 2. The lowest BCUT2D eigenvalue weighted by Gasteiger charge is -2.29. The number of rotatable bonds is 4. The highest BCUT2D eigenvalue weighted by Crippen LogP contribution is 2.28. The van der Waals surface area contributed by atoms with Crippen LogP contribution >= 0.6 is 0 Å². The third kappa shape index (κ3) is 3.21. The molecule has 2 rings (SSSR count). The molecule has 0 heterocycles. The van der Waals surface area contributed by atoms with Crippen LogP contribution in [0.3, 0.4) is 0 Å². The van der Waals surface area contributed by atoms with Gasteiger partial charge in [0.05, 0.1) is 5.54 Å². The molecular weight excluding hydrogens is 248 g/mol. The van der Waals surface area contributed by atoms with E-state index in [1.807, 2.05) is 0 Å². The fraction of sp³-hybridized carbons (Fsp3) is 0.588. The fourth-order valence-corrected chi connectivity index (χ4v) is 2.88. The van der Waals surface area contributed by atoms with E-state index in [1.165, 1.54) is 11.1 Å². The van der Waals surface area contributed by atoms with E-state index in [1.54, 1.807) is 0 Å². The number of benzene rings is 1. The van der Waals surface area contributed by atoms with Gasteiger partial charge in [-0.25, -0.2) is 0 Å². The smallest absolute Gasteiger partial charge is 0.240 e. The Kier molecular flexibility index (Phi) is 4.19. The Balaban J connectivity index is 2.00. The molecule has 1 saturated carbocycles. The molecule has 1 aliphatic carbocycles. The molecule has 0 spiro atoms. The first-order valence-electron chi connectivity index (χ1n) is 7.48. The first-order chi connectivity index (χ1) is 9.33. The molecule has 20 heavy (non-hydrogen) atoms. The van der Waals surface area contributed by atoms with Gasteiger partial charge in [0.15, 0.2) is 0 Å². The predicted molar refractivity (Wildman–Crippen MR) is 82.6 cm³/mol. The molecule has 0 atom stereocenters. The Hall–Kier alpha value is -1.35. The van der Waals surface area contributed by atoms with Crippen molar-refractivity contribution in [3.05, 3.63) is 35.4 Å². The molecule has 0 saturated heterocycles. The predicted octanol–water partition coefficient (Wildman–Crippen LogP) is 2.66. The van der Waals surface area contributed by atoms with Crippen molar-refractivity contribution in [3.63, 3.8) is 0 Å². The van der Waals surface area contributed by atoms with E-state index >= 15 is 0 Å². The Labute approximate surface area is 121 Å². The van der Waals surface area contributed by atoms with Crippen LogP contribution in [0.25, 0.3) is 0 Å². The summed E-state index contributed by atoms with van der Waals surface area (Å²) in [5.41, 5.74) is 7.95. The van der Waals surface area contributed by atoms with Crippen molar-refractivity contribution >= 4 is 5.91 Å². The van der Waals surface area contributed by atoms with Gasteiger partial charge in [0.2, 0.25) is 5.91 Å². The Morgan fingerprint density at radius 1 is 1.35 bits per heavy atom. The summed E-state index contributed by atoms with van der Waals surface area (Å²) in [7, 11) is 0.